The molecule has 9 heteroatoms. The largest absolute Gasteiger partial charge is 0.494 e. The van der Waals surface area contributed by atoms with Gasteiger partial charge in [0.2, 0.25) is 5.95 Å². The lowest BCUT2D eigenvalue weighted by Gasteiger charge is -2.06. The summed E-state index contributed by atoms with van der Waals surface area (Å²) in [7, 11) is 0. The Morgan fingerprint density at radius 2 is 2.21 bits per heavy atom. The number of nitrogens with zero attached hydrogens (tertiary/aromatic N) is 6. The molecule has 0 aliphatic heterocycles. The van der Waals surface area contributed by atoms with E-state index in [2.05, 4.69) is 36.0 Å². The smallest absolute Gasteiger partial charge is 0.244 e. The first-order chi connectivity index (χ1) is 9.38. The van der Waals surface area contributed by atoms with Crippen LogP contribution in [0.15, 0.2) is 29.4 Å². The van der Waals surface area contributed by atoms with Crippen LogP contribution in [-0.4, -0.2) is 33.8 Å². The van der Waals surface area contributed by atoms with Crippen molar-refractivity contribution in [1.82, 2.24) is 20.6 Å². The van der Waals surface area contributed by atoms with Crippen LogP contribution in [-0.2, 0) is 0 Å². The minimum Gasteiger partial charge on any atom is -0.494 e. The molecule has 1 heterocycles. The van der Waals surface area contributed by atoms with Crippen molar-refractivity contribution in [3.05, 3.63) is 34.7 Å². The van der Waals surface area contributed by atoms with Gasteiger partial charge in [0.1, 0.15) is 5.75 Å². The molecule has 0 aliphatic rings. The second-order valence-electron chi connectivity index (χ2n) is 3.56. The Labute approximate surface area is 108 Å². The minimum absolute atomic E-state index is 0.439. The highest BCUT2D eigenvalue weighted by molar-refractivity contribution is 5.53. The number of tetrazole rings is 1. The van der Waals surface area contributed by atoms with Crippen molar-refractivity contribution in [3.8, 4) is 5.75 Å². The van der Waals surface area contributed by atoms with E-state index >= 15 is 0 Å². The minimum atomic E-state index is 0.439. The Hall–Kier alpha value is -2.80. The summed E-state index contributed by atoms with van der Waals surface area (Å²) in [4.78, 5) is 2.67. The van der Waals surface area contributed by atoms with Crippen molar-refractivity contribution in [1.29, 1.82) is 0 Å². The lowest BCUT2D eigenvalue weighted by atomic mass is 10.3. The van der Waals surface area contributed by atoms with Gasteiger partial charge in [0.25, 0.3) is 0 Å². The van der Waals surface area contributed by atoms with Crippen molar-refractivity contribution in [2.75, 3.05) is 18.5 Å². The summed E-state index contributed by atoms with van der Waals surface area (Å²) in [6.07, 6.45) is 0.688. The lowest BCUT2D eigenvalue weighted by Crippen LogP contribution is -1.99. The number of azide groups is 1. The maximum Gasteiger partial charge on any atom is 0.244 e. The molecule has 1 aromatic heterocycles. The number of anilines is 2. The van der Waals surface area contributed by atoms with E-state index in [1.54, 1.807) is 0 Å². The Balaban J connectivity index is 1.79. The molecule has 1 aromatic carbocycles. The van der Waals surface area contributed by atoms with Gasteiger partial charge in [-0.1, -0.05) is 10.2 Å². The second kappa shape index (κ2) is 6.82. The summed E-state index contributed by atoms with van der Waals surface area (Å²) in [5, 5.41) is 19.7. The van der Waals surface area contributed by atoms with Crippen LogP contribution in [0.1, 0.15) is 6.42 Å². The van der Waals surface area contributed by atoms with E-state index in [-0.39, 0.29) is 0 Å². The molecule has 0 saturated heterocycles. The molecule has 0 fully saturated rings. The third-order valence-corrected chi connectivity index (χ3v) is 2.20. The summed E-state index contributed by atoms with van der Waals surface area (Å²) < 4.78 is 5.48. The van der Waals surface area contributed by atoms with Crippen LogP contribution in [0.5, 0.6) is 5.75 Å². The Kier molecular flexibility index (Phi) is 4.54. The first-order valence-corrected chi connectivity index (χ1v) is 5.63. The van der Waals surface area contributed by atoms with Crippen LogP contribution in [0.4, 0.5) is 11.6 Å². The number of rotatable bonds is 7. The number of nitrogens with one attached hydrogen (secondary N) is 2. The normalized spacial score (nSPS) is 9.68. The van der Waals surface area contributed by atoms with E-state index in [0.717, 1.165) is 11.4 Å². The Bertz CT molecular complexity index is 531. The number of ether oxygens (including phenoxy) is 1. The number of benzene rings is 1. The molecule has 0 radical (unpaired) electrons. The molecule has 9 nitrogen and oxygen atoms in total. The van der Waals surface area contributed by atoms with Gasteiger partial charge in [0.05, 0.1) is 6.61 Å². The van der Waals surface area contributed by atoms with Crippen LogP contribution in [0.25, 0.3) is 10.4 Å². The average molecular weight is 260 g/mol. The van der Waals surface area contributed by atoms with Crippen LogP contribution in [0, 0.1) is 0 Å². The molecule has 2 aromatic rings. The standard InChI is InChI=1S/C10H12N8O/c11-16-12-6-1-7-19-9-4-2-8(3-5-9)13-10-14-17-18-15-10/h2-5H,1,6-7H2,(H2,13,14,15,17,18). The SMILES string of the molecule is [N-]=[N+]=NCCCOc1ccc(Nc2nnn[nH]2)cc1. The summed E-state index contributed by atoms with van der Waals surface area (Å²) in [6.45, 7) is 0.951. The molecular formula is C10H12N8O. The van der Waals surface area contributed by atoms with E-state index in [1.807, 2.05) is 24.3 Å². The number of hydrogen-bond donors (Lipinski definition) is 2. The molecule has 0 bridgehead atoms. The maximum atomic E-state index is 8.11. The molecule has 19 heavy (non-hydrogen) atoms. The van der Waals surface area contributed by atoms with E-state index in [4.69, 9.17) is 10.3 Å². The molecule has 0 atom stereocenters. The van der Waals surface area contributed by atoms with Crippen molar-refractivity contribution >= 4 is 11.6 Å². The average Bonchev–Trinajstić information content (AvgIpc) is 2.93. The topological polar surface area (TPSA) is 124 Å². The summed E-state index contributed by atoms with van der Waals surface area (Å²) >= 11 is 0. The summed E-state index contributed by atoms with van der Waals surface area (Å²) in [6, 6.07) is 7.37. The van der Waals surface area contributed by atoms with E-state index in [0.29, 0.717) is 25.5 Å². The van der Waals surface area contributed by atoms with Crippen molar-refractivity contribution in [3.63, 3.8) is 0 Å². The van der Waals surface area contributed by atoms with Gasteiger partial charge in [-0.2, -0.15) is 0 Å². The molecule has 2 N–H and O–H groups in total. The van der Waals surface area contributed by atoms with Crippen molar-refractivity contribution < 1.29 is 4.74 Å². The van der Waals surface area contributed by atoms with Crippen molar-refractivity contribution in [2.45, 2.75) is 6.42 Å². The van der Waals surface area contributed by atoms with Crippen LogP contribution in [0.3, 0.4) is 0 Å². The van der Waals surface area contributed by atoms with Gasteiger partial charge in [0.15, 0.2) is 0 Å². The van der Waals surface area contributed by atoms with Gasteiger partial charge in [-0.05, 0) is 46.6 Å². The zero-order valence-electron chi connectivity index (χ0n) is 10.0. The van der Waals surface area contributed by atoms with E-state index < -0.39 is 0 Å². The third-order valence-electron chi connectivity index (χ3n) is 2.20. The highest BCUT2D eigenvalue weighted by Gasteiger charge is 1.98. The zero-order valence-corrected chi connectivity index (χ0v) is 10.0. The molecule has 2 rings (SSSR count). The van der Waals surface area contributed by atoms with E-state index in [1.165, 1.54) is 0 Å². The fourth-order valence-electron chi connectivity index (χ4n) is 1.35. The highest BCUT2D eigenvalue weighted by Crippen LogP contribution is 2.17. The number of hydrogen-bond acceptors (Lipinski definition) is 6. The third kappa shape index (κ3) is 4.17. The van der Waals surface area contributed by atoms with Crippen LogP contribution in [0.2, 0.25) is 0 Å². The summed E-state index contributed by atoms with van der Waals surface area (Å²) in [5.74, 6) is 1.23. The highest BCUT2D eigenvalue weighted by atomic mass is 16.5. The summed E-state index contributed by atoms with van der Waals surface area (Å²) in [5.41, 5.74) is 8.96. The molecule has 0 saturated carbocycles. The van der Waals surface area contributed by atoms with Gasteiger partial charge < -0.3 is 10.1 Å². The molecule has 0 spiro atoms. The van der Waals surface area contributed by atoms with Crippen LogP contribution >= 0.6 is 0 Å². The van der Waals surface area contributed by atoms with Crippen molar-refractivity contribution in [2.24, 2.45) is 5.11 Å². The predicted molar refractivity (Wildman–Crippen MR) is 68.0 cm³/mol. The fourth-order valence-corrected chi connectivity index (χ4v) is 1.35. The van der Waals surface area contributed by atoms with Gasteiger partial charge in [-0.3, -0.25) is 0 Å². The molecule has 0 aliphatic carbocycles. The predicted octanol–water partition coefficient (Wildman–Crippen LogP) is 2.02. The molecule has 0 amide bonds. The maximum absolute atomic E-state index is 8.11. The number of aromatic nitrogens is 4. The van der Waals surface area contributed by atoms with Gasteiger partial charge in [-0.25, -0.2) is 5.10 Å². The zero-order chi connectivity index (χ0) is 13.3. The van der Waals surface area contributed by atoms with Gasteiger partial charge in [-0.15, -0.1) is 0 Å². The quantitative estimate of drug-likeness (QED) is 0.341. The fraction of sp³-hybridized carbons (Fsp3) is 0.300. The Morgan fingerprint density at radius 3 is 2.89 bits per heavy atom. The molecule has 0 unspecified atom stereocenters. The lowest BCUT2D eigenvalue weighted by molar-refractivity contribution is 0.313. The van der Waals surface area contributed by atoms with E-state index in [9.17, 15) is 0 Å². The first-order valence-electron chi connectivity index (χ1n) is 5.63. The molecular weight excluding hydrogens is 248 g/mol. The van der Waals surface area contributed by atoms with Gasteiger partial charge in [0, 0.05) is 17.1 Å². The number of H-pyrrole nitrogens is 1. The van der Waals surface area contributed by atoms with Crippen LogP contribution < -0.4 is 10.1 Å². The monoisotopic (exact) mass is 260 g/mol. The first kappa shape index (κ1) is 12.7. The molecule has 98 valence electrons. The second-order valence-corrected chi connectivity index (χ2v) is 3.56. The Morgan fingerprint density at radius 1 is 1.37 bits per heavy atom. The van der Waals surface area contributed by atoms with Gasteiger partial charge >= 0.3 is 0 Å². The number of aromatic amines is 1.